The van der Waals surface area contributed by atoms with E-state index >= 15 is 0 Å². The number of nitro benzene ring substituents is 1. The molecule has 0 radical (unpaired) electrons. The highest BCUT2D eigenvalue weighted by molar-refractivity contribution is 9.10. The molecule has 1 N–H and O–H groups in total. The number of anilines is 1. The number of ether oxygens (including phenoxy) is 1. The number of benzene rings is 2. The molecule has 2 aromatic carbocycles. The van der Waals surface area contributed by atoms with Crippen LogP contribution >= 0.6 is 15.9 Å². The maximum atomic E-state index is 11.3. The van der Waals surface area contributed by atoms with Crippen LogP contribution in [0.5, 0.6) is 5.75 Å². The summed E-state index contributed by atoms with van der Waals surface area (Å²) >= 11 is 3.56. The molecule has 0 bridgehead atoms. The van der Waals surface area contributed by atoms with Gasteiger partial charge in [0, 0.05) is 33.8 Å². The molecule has 1 aliphatic carbocycles. The lowest BCUT2D eigenvalue weighted by Gasteiger charge is -2.38. The number of fused-ring (bicyclic) bond motifs is 3. The largest absolute Gasteiger partial charge is 0.496 e. The summed E-state index contributed by atoms with van der Waals surface area (Å²) in [5.74, 6) is 1.31. The lowest BCUT2D eigenvalue weighted by molar-refractivity contribution is -0.385. The molecule has 1 heterocycles. The second-order valence-corrected chi connectivity index (χ2v) is 7.76. The zero-order valence-electron chi connectivity index (χ0n) is 14.5. The minimum Gasteiger partial charge on any atom is -0.496 e. The molecule has 0 spiro atoms. The van der Waals surface area contributed by atoms with E-state index in [1.54, 1.807) is 19.2 Å². The quantitative estimate of drug-likeness (QED) is 0.409. The van der Waals surface area contributed by atoms with Gasteiger partial charge >= 0.3 is 0 Å². The summed E-state index contributed by atoms with van der Waals surface area (Å²) in [5.41, 5.74) is 4.16. The first-order valence-corrected chi connectivity index (χ1v) is 9.34. The number of nitrogens with one attached hydrogen (secondary N) is 1. The Kier molecular flexibility index (Phi) is 4.23. The average Bonchev–Trinajstić information content (AvgIpc) is 3.11. The Labute approximate surface area is 160 Å². The van der Waals surface area contributed by atoms with Gasteiger partial charge in [0.05, 0.1) is 18.1 Å². The minimum atomic E-state index is -0.315. The lowest BCUT2D eigenvalue weighted by atomic mass is 9.76. The fraction of sp³-hybridized carbons (Fsp3) is 0.300. The van der Waals surface area contributed by atoms with Crippen LogP contribution in [0, 0.1) is 23.0 Å². The third-order valence-electron chi connectivity index (χ3n) is 5.39. The van der Waals surface area contributed by atoms with Gasteiger partial charge in [-0.05, 0) is 48.6 Å². The van der Waals surface area contributed by atoms with Crippen molar-refractivity contribution >= 4 is 27.3 Å². The topological polar surface area (TPSA) is 64.4 Å². The van der Waals surface area contributed by atoms with Gasteiger partial charge in [0.15, 0.2) is 0 Å². The van der Waals surface area contributed by atoms with E-state index in [0.717, 1.165) is 39.0 Å². The molecular weight excluding hydrogens is 396 g/mol. The Morgan fingerprint density at radius 1 is 1.27 bits per heavy atom. The predicted molar refractivity (Wildman–Crippen MR) is 105 cm³/mol. The molecule has 0 saturated heterocycles. The van der Waals surface area contributed by atoms with Gasteiger partial charge in [0.2, 0.25) is 0 Å². The molecule has 0 amide bonds. The van der Waals surface area contributed by atoms with Crippen LogP contribution in [0.4, 0.5) is 11.4 Å². The van der Waals surface area contributed by atoms with Crippen LogP contribution in [0.2, 0.25) is 0 Å². The molecule has 5 nitrogen and oxygen atoms in total. The SMILES string of the molecule is COc1ccc(Br)cc1[C@@H]1Nc2c(C)cc([N+](=O)[O-])cc2[C@@H]2C=CC[C@@H]21. The lowest BCUT2D eigenvalue weighted by Crippen LogP contribution is -2.30. The van der Waals surface area contributed by atoms with Crippen molar-refractivity contribution in [2.45, 2.75) is 25.3 Å². The maximum Gasteiger partial charge on any atom is 0.270 e. The number of rotatable bonds is 3. The summed E-state index contributed by atoms with van der Waals surface area (Å²) in [4.78, 5) is 11.0. The van der Waals surface area contributed by atoms with E-state index in [-0.39, 0.29) is 22.6 Å². The van der Waals surface area contributed by atoms with Crippen molar-refractivity contribution in [1.82, 2.24) is 0 Å². The van der Waals surface area contributed by atoms with Crippen LogP contribution in [0.3, 0.4) is 0 Å². The van der Waals surface area contributed by atoms with Crippen LogP contribution in [0.15, 0.2) is 47.0 Å². The van der Waals surface area contributed by atoms with Crippen LogP contribution in [-0.2, 0) is 0 Å². The molecule has 134 valence electrons. The van der Waals surface area contributed by atoms with Crippen LogP contribution in [0.25, 0.3) is 0 Å². The standard InChI is InChI=1S/C20H19BrN2O3/c1-11-8-13(23(24)25)10-16-14-4-3-5-15(14)20(22-19(11)16)17-9-12(21)6-7-18(17)26-2/h3-4,6-10,14-15,20,22H,5H2,1-2H3/t14-,15+,20-/m1/s1. The minimum absolute atomic E-state index is 0.0788. The van der Waals surface area contributed by atoms with Gasteiger partial charge in [-0.1, -0.05) is 28.1 Å². The molecule has 1 aliphatic heterocycles. The fourth-order valence-corrected chi connectivity index (χ4v) is 4.61. The van der Waals surface area contributed by atoms with Gasteiger partial charge in [0.25, 0.3) is 5.69 Å². The van der Waals surface area contributed by atoms with Gasteiger partial charge in [-0.3, -0.25) is 10.1 Å². The monoisotopic (exact) mass is 414 g/mol. The molecule has 2 aromatic rings. The number of methoxy groups -OCH3 is 1. The van der Waals surface area contributed by atoms with Crippen LogP contribution in [0.1, 0.15) is 35.1 Å². The molecule has 0 aromatic heterocycles. The van der Waals surface area contributed by atoms with Gasteiger partial charge < -0.3 is 10.1 Å². The van der Waals surface area contributed by atoms with Gasteiger partial charge in [-0.25, -0.2) is 0 Å². The molecule has 0 unspecified atom stereocenters. The van der Waals surface area contributed by atoms with Crippen molar-refractivity contribution < 1.29 is 9.66 Å². The summed E-state index contributed by atoms with van der Waals surface area (Å²) in [7, 11) is 1.68. The number of non-ortho nitro benzene ring substituents is 1. The predicted octanol–water partition coefficient (Wildman–Crippen LogP) is 5.50. The van der Waals surface area contributed by atoms with Crippen molar-refractivity contribution in [2.75, 3.05) is 12.4 Å². The summed E-state index contributed by atoms with van der Waals surface area (Å²) < 4.78 is 6.60. The molecule has 4 rings (SSSR count). The highest BCUT2D eigenvalue weighted by atomic mass is 79.9. The van der Waals surface area contributed by atoms with Crippen molar-refractivity contribution in [3.05, 3.63) is 73.8 Å². The van der Waals surface area contributed by atoms with Gasteiger partial charge in [-0.15, -0.1) is 0 Å². The first kappa shape index (κ1) is 17.1. The molecule has 0 fully saturated rings. The summed E-state index contributed by atoms with van der Waals surface area (Å²) in [6, 6.07) is 9.47. The number of halogens is 1. The first-order chi connectivity index (χ1) is 12.5. The van der Waals surface area contributed by atoms with E-state index in [9.17, 15) is 10.1 Å². The average molecular weight is 415 g/mol. The summed E-state index contributed by atoms with van der Waals surface area (Å²) in [6.45, 7) is 1.92. The zero-order valence-corrected chi connectivity index (χ0v) is 16.1. The van der Waals surface area contributed by atoms with Crippen molar-refractivity contribution in [3.8, 4) is 5.75 Å². The normalized spacial score (nSPS) is 23.1. The second kappa shape index (κ2) is 6.43. The number of hydrogen-bond acceptors (Lipinski definition) is 4. The fourth-order valence-electron chi connectivity index (χ4n) is 4.23. The molecular formula is C20H19BrN2O3. The second-order valence-electron chi connectivity index (χ2n) is 6.85. The maximum absolute atomic E-state index is 11.3. The molecule has 3 atom stereocenters. The molecule has 2 aliphatic rings. The van der Waals surface area contributed by atoms with Crippen LogP contribution < -0.4 is 10.1 Å². The number of nitro groups is 1. The van der Waals surface area contributed by atoms with Gasteiger partial charge in [-0.2, -0.15) is 0 Å². The third kappa shape index (κ3) is 2.69. The highest BCUT2D eigenvalue weighted by Gasteiger charge is 2.40. The Morgan fingerprint density at radius 3 is 2.81 bits per heavy atom. The van der Waals surface area contributed by atoms with E-state index in [1.165, 1.54) is 0 Å². The van der Waals surface area contributed by atoms with E-state index in [0.29, 0.717) is 5.92 Å². The molecule has 6 heteroatoms. The summed E-state index contributed by atoms with van der Waals surface area (Å²) in [5, 5.41) is 14.9. The zero-order chi connectivity index (χ0) is 18.4. The first-order valence-electron chi connectivity index (χ1n) is 8.55. The Morgan fingerprint density at radius 2 is 2.08 bits per heavy atom. The number of nitrogens with zero attached hydrogens (tertiary/aromatic N) is 1. The van der Waals surface area contributed by atoms with Gasteiger partial charge in [0.1, 0.15) is 5.75 Å². The van der Waals surface area contributed by atoms with Crippen LogP contribution in [-0.4, -0.2) is 12.0 Å². The van der Waals surface area contributed by atoms with E-state index in [2.05, 4.69) is 39.5 Å². The van der Waals surface area contributed by atoms with E-state index in [1.807, 2.05) is 19.1 Å². The number of allylic oxidation sites excluding steroid dienone is 2. The Balaban J connectivity index is 1.86. The summed E-state index contributed by atoms with van der Waals surface area (Å²) in [6.07, 6.45) is 5.29. The Bertz CT molecular complexity index is 926. The molecule has 0 saturated carbocycles. The number of hydrogen-bond donors (Lipinski definition) is 1. The Hall–Kier alpha value is -2.34. The molecule has 26 heavy (non-hydrogen) atoms. The van der Waals surface area contributed by atoms with Crippen molar-refractivity contribution in [2.24, 2.45) is 5.92 Å². The van der Waals surface area contributed by atoms with Crippen molar-refractivity contribution in [1.29, 1.82) is 0 Å². The third-order valence-corrected chi connectivity index (χ3v) is 5.88. The highest BCUT2D eigenvalue weighted by Crippen LogP contribution is 2.52. The van der Waals surface area contributed by atoms with Crippen molar-refractivity contribution in [3.63, 3.8) is 0 Å². The number of aryl methyl sites for hydroxylation is 1. The smallest absolute Gasteiger partial charge is 0.270 e. The van der Waals surface area contributed by atoms with E-state index in [4.69, 9.17) is 4.74 Å². The van der Waals surface area contributed by atoms with E-state index < -0.39 is 0 Å².